The fraction of sp³-hybridized carbons (Fsp3) is 0.467. The molecule has 2 aromatic heterocycles. The summed E-state index contributed by atoms with van der Waals surface area (Å²) in [5.74, 6) is -0.991. The van der Waals surface area contributed by atoms with E-state index in [-0.39, 0.29) is 5.15 Å². The minimum Gasteiger partial charge on any atom is -0.456 e. The molecule has 1 aliphatic heterocycles. The van der Waals surface area contributed by atoms with E-state index in [2.05, 4.69) is 25.9 Å². The average molecular weight is 433 g/mol. The molecule has 0 saturated carbocycles. The first-order chi connectivity index (χ1) is 11.8. The first kappa shape index (κ1) is 18.1. The molecule has 8 nitrogen and oxygen atoms in total. The Morgan fingerprint density at radius 3 is 2.52 bits per heavy atom. The van der Waals surface area contributed by atoms with Crippen LogP contribution in [0.2, 0.25) is 5.15 Å². The summed E-state index contributed by atoms with van der Waals surface area (Å²) in [6, 6.07) is 0. The molecule has 3 rings (SSSR count). The number of carbonyl (C=O) groups is 2. The highest BCUT2D eigenvalue weighted by Crippen LogP contribution is 2.39. The number of esters is 2. The Labute approximate surface area is 156 Å². The van der Waals surface area contributed by atoms with Crippen LogP contribution in [0.1, 0.15) is 27.0 Å². The number of halogens is 2. The molecule has 1 fully saturated rings. The Bertz CT molecular complexity index is 842. The molecule has 0 spiro atoms. The van der Waals surface area contributed by atoms with Gasteiger partial charge in [-0.3, -0.25) is 9.59 Å². The summed E-state index contributed by atoms with van der Waals surface area (Å²) in [5, 5.41) is 0.889. The SMILES string of the molecule is CC(=O)O[C@@H]1[C@H](OC(C)=O)[C@@H](C)O[C@H]1n1cc(Br)c2c(Cl)ncnc21. The molecule has 0 N–H and O–H groups in total. The Morgan fingerprint density at radius 2 is 1.88 bits per heavy atom. The van der Waals surface area contributed by atoms with E-state index in [1.165, 1.54) is 20.2 Å². The summed E-state index contributed by atoms with van der Waals surface area (Å²) < 4.78 is 19.0. The maximum Gasteiger partial charge on any atom is 0.303 e. The van der Waals surface area contributed by atoms with Crippen LogP contribution >= 0.6 is 27.5 Å². The highest BCUT2D eigenvalue weighted by Gasteiger charge is 2.48. The van der Waals surface area contributed by atoms with Gasteiger partial charge in [-0.2, -0.15) is 0 Å². The van der Waals surface area contributed by atoms with Crippen molar-refractivity contribution in [3.8, 4) is 0 Å². The van der Waals surface area contributed by atoms with Gasteiger partial charge in [0.15, 0.2) is 18.4 Å². The molecule has 0 amide bonds. The van der Waals surface area contributed by atoms with Crippen molar-refractivity contribution in [2.45, 2.75) is 45.3 Å². The van der Waals surface area contributed by atoms with Crippen molar-refractivity contribution in [1.82, 2.24) is 14.5 Å². The molecular formula is C15H15BrClN3O5. The van der Waals surface area contributed by atoms with Crippen molar-refractivity contribution in [2.24, 2.45) is 0 Å². The smallest absolute Gasteiger partial charge is 0.303 e. The third-order valence-corrected chi connectivity index (χ3v) is 4.70. The zero-order valence-corrected chi connectivity index (χ0v) is 15.9. The lowest BCUT2D eigenvalue weighted by Crippen LogP contribution is -2.38. The van der Waals surface area contributed by atoms with Crippen molar-refractivity contribution in [1.29, 1.82) is 0 Å². The molecule has 0 aliphatic carbocycles. The normalized spacial score (nSPS) is 26.0. The first-order valence-corrected chi connectivity index (χ1v) is 8.63. The largest absolute Gasteiger partial charge is 0.456 e. The third kappa shape index (κ3) is 3.36. The molecular weight excluding hydrogens is 418 g/mol. The Morgan fingerprint density at radius 1 is 1.24 bits per heavy atom. The maximum absolute atomic E-state index is 11.6. The number of ether oxygens (including phenoxy) is 3. The van der Waals surface area contributed by atoms with Crippen LogP contribution in [0, 0.1) is 0 Å². The van der Waals surface area contributed by atoms with Gasteiger partial charge in [-0.25, -0.2) is 9.97 Å². The second kappa shape index (κ2) is 6.89. The van der Waals surface area contributed by atoms with E-state index in [1.807, 2.05) is 0 Å². The van der Waals surface area contributed by atoms with Crippen LogP contribution in [0.25, 0.3) is 11.0 Å². The maximum atomic E-state index is 11.6. The van der Waals surface area contributed by atoms with Crippen LogP contribution < -0.4 is 0 Å². The van der Waals surface area contributed by atoms with Gasteiger partial charge in [0, 0.05) is 24.5 Å². The molecule has 0 aromatic carbocycles. The van der Waals surface area contributed by atoms with Crippen LogP contribution in [0.15, 0.2) is 17.0 Å². The van der Waals surface area contributed by atoms with E-state index in [0.29, 0.717) is 15.5 Å². The van der Waals surface area contributed by atoms with Gasteiger partial charge in [0.1, 0.15) is 17.1 Å². The molecule has 3 heterocycles. The average Bonchev–Trinajstić information content (AvgIpc) is 2.99. The molecule has 25 heavy (non-hydrogen) atoms. The lowest BCUT2D eigenvalue weighted by Gasteiger charge is -2.23. The summed E-state index contributed by atoms with van der Waals surface area (Å²) in [5.41, 5.74) is 0.504. The van der Waals surface area contributed by atoms with E-state index in [9.17, 15) is 9.59 Å². The Hall–Kier alpha value is -1.71. The molecule has 134 valence electrons. The van der Waals surface area contributed by atoms with Crippen molar-refractivity contribution in [2.75, 3.05) is 0 Å². The topological polar surface area (TPSA) is 92.5 Å². The van der Waals surface area contributed by atoms with Crippen molar-refractivity contribution < 1.29 is 23.8 Å². The number of nitrogens with zero attached hydrogens (tertiary/aromatic N) is 3. The lowest BCUT2D eigenvalue weighted by atomic mass is 10.1. The van der Waals surface area contributed by atoms with Crippen molar-refractivity contribution in [3.05, 3.63) is 22.1 Å². The van der Waals surface area contributed by atoms with E-state index in [4.69, 9.17) is 25.8 Å². The zero-order valence-electron chi connectivity index (χ0n) is 13.6. The molecule has 0 radical (unpaired) electrons. The number of hydrogen-bond donors (Lipinski definition) is 0. The Balaban J connectivity index is 2.07. The molecule has 1 saturated heterocycles. The van der Waals surface area contributed by atoms with Gasteiger partial charge in [-0.15, -0.1) is 0 Å². The van der Waals surface area contributed by atoms with E-state index >= 15 is 0 Å². The second-order valence-corrected chi connectivity index (χ2v) is 6.84. The highest BCUT2D eigenvalue weighted by molar-refractivity contribution is 9.10. The second-order valence-electron chi connectivity index (χ2n) is 5.63. The predicted molar refractivity (Wildman–Crippen MR) is 90.9 cm³/mol. The summed E-state index contributed by atoms with van der Waals surface area (Å²) >= 11 is 9.56. The molecule has 2 aromatic rings. The summed E-state index contributed by atoms with van der Waals surface area (Å²) in [6.07, 6.45) is 0.272. The van der Waals surface area contributed by atoms with Crippen molar-refractivity contribution >= 4 is 50.5 Å². The summed E-state index contributed by atoms with van der Waals surface area (Å²) in [6.45, 7) is 4.32. The number of rotatable bonds is 3. The third-order valence-electron chi connectivity index (χ3n) is 3.82. The van der Waals surface area contributed by atoms with Crippen LogP contribution in [-0.4, -0.2) is 44.8 Å². The van der Waals surface area contributed by atoms with E-state index in [1.54, 1.807) is 17.7 Å². The zero-order chi connectivity index (χ0) is 18.3. The minimum atomic E-state index is -0.826. The van der Waals surface area contributed by atoms with Crippen LogP contribution in [-0.2, 0) is 23.8 Å². The summed E-state index contributed by atoms with van der Waals surface area (Å²) in [4.78, 5) is 31.2. The van der Waals surface area contributed by atoms with Crippen LogP contribution in [0.3, 0.4) is 0 Å². The number of fused-ring (bicyclic) bond motifs is 1. The quantitative estimate of drug-likeness (QED) is 0.544. The number of aromatic nitrogens is 3. The van der Waals surface area contributed by atoms with Crippen molar-refractivity contribution in [3.63, 3.8) is 0 Å². The van der Waals surface area contributed by atoms with E-state index < -0.39 is 36.5 Å². The van der Waals surface area contributed by atoms with Gasteiger partial charge in [-0.05, 0) is 22.9 Å². The van der Waals surface area contributed by atoms with Gasteiger partial charge in [0.05, 0.1) is 11.5 Å². The van der Waals surface area contributed by atoms with Gasteiger partial charge in [0.2, 0.25) is 0 Å². The standard InChI is InChI=1S/C15H15BrClN3O5/c1-6-11(24-7(2)21)12(25-8(3)22)15(23-6)20-4-9(16)10-13(17)18-5-19-14(10)20/h4-6,11-12,15H,1-3H3/t6-,11-,12-,15-/m1/s1. The first-order valence-electron chi connectivity index (χ1n) is 7.46. The van der Waals surface area contributed by atoms with Gasteiger partial charge < -0.3 is 18.8 Å². The van der Waals surface area contributed by atoms with Crippen LogP contribution in [0.4, 0.5) is 0 Å². The van der Waals surface area contributed by atoms with Gasteiger partial charge >= 0.3 is 11.9 Å². The Kier molecular flexibility index (Phi) is 4.99. The molecule has 0 unspecified atom stereocenters. The molecule has 1 aliphatic rings. The molecule has 0 bridgehead atoms. The monoisotopic (exact) mass is 431 g/mol. The molecule has 4 atom stereocenters. The van der Waals surface area contributed by atoms with Crippen LogP contribution in [0.5, 0.6) is 0 Å². The van der Waals surface area contributed by atoms with E-state index in [0.717, 1.165) is 0 Å². The fourth-order valence-electron chi connectivity index (χ4n) is 2.90. The minimum absolute atomic E-state index is 0.280. The predicted octanol–water partition coefficient (Wildman–Crippen LogP) is 2.63. The molecule has 10 heteroatoms. The number of hydrogen-bond acceptors (Lipinski definition) is 7. The fourth-order valence-corrected chi connectivity index (χ4v) is 3.83. The number of carbonyl (C=O) groups excluding carboxylic acids is 2. The lowest BCUT2D eigenvalue weighted by molar-refractivity contribution is -0.165. The van der Waals surface area contributed by atoms with Gasteiger partial charge in [-0.1, -0.05) is 11.6 Å². The van der Waals surface area contributed by atoms with Gasteiger partial charge in [0.25, 0.3) is 0 Å². The summed E-state index contributed by atoms with van der Waals surface area (Å²) in [7, 11) is 0. The highest BCUT2D eigenvalue weighted by atomic mass is 79.9.